The minimum Gasteiger partial charge on any atom is -0.325 e. The highest BCUT2D eigenvalue weighted by Crippen LogP contribution is 2.26. The van der Waals surface area contributed by atoms with E-state index in [0.717, 1.165) is 31.6 Å². The third-order valence-electron chi connectivity index (χ3n) is 4.50. The van der Waals surface area contributed by atoms with Crippen LogP contribution in [0.15, 0.2) is 42.6 Å². The first-order chi connectivity index (χ1) is 11.6. The molecule has 1 fully saturated rings. The van der Waals surface area contributed by atoms with Gasteiger partial charge in [0.15, 0.2) is 0 Å². The number of carbonyl (C=O) groups excluding carboxylic acids is 1. The van der Waals surface area contributed by atoms with Gasteiger partial charge in [-0.3, -0.25) is 14.7 Å². The van der Waals surface area contributed by atoms with Crippen molar-refractivity contribution in [3.8, 4) is 0 Å². The number of carbonyl (C=O) groups is 1. The van der Waals surface area contributed by atoms with Crippen molar-refractivity contribution in [2.75, 3.05) is 25.0 Å². The van der Waals surface area contributed by atoms with Crippen LogP contribution < -0.4 is 5.32 Å². The van der Waals surface area contributed by atoms with Crippen LogP contribution in [-0.2, 0) is 4.79 Å². The first-order valence-electron chi connectivity index (χ1n) is 8.31. The molecule has 1 amide bonds. The summed E-state index contributed by atoms with van der Waals surface area (Å²) < 4.78 is 13.3. The highest BCUT2D eigenvalue weighted by Gasteiger charge is 2.22. The Labute approximate surface area is 141 Å². The molecule has 1 aliphatic rings. The number of benzene rings is 1. The van der Waals surface area contributed by atoms with Gasteiger partial charge in [0, 0.05) is 23.5 Å². The SMILES string of the molecule is Cc1cc(NC(=O)CN2CCC(c3ccccn3)CC2)ccc1F. The highest BCUT2D eigenvalue weighted by atomic mass is 19.1. The Kier molecular flexibility index (Phi) is 5.20. The molecule has 3 rings (SSSR count). The first kappa shape index (κ1) is 16.6. The molecule has 2 heterocycles. The summed E-state index contributed by atoms with van der Waals surface area (Å²) in [4.78, 5) is 18.8. The first-order valence-corrected chi connectivity index (χ1v) is 8.31. The van der Waals surface area contributed by atoms with E-state index >= 15 is 0 Å². The molecule has 0 spiro atoms. The molecule has 0 atom stereocenters. The summed E-state index contributed by atoms with van der Waals surface area (Å²) in [6, 6.07) is 10.6. The van der Waals surface area contributed by atoms with Crippen molar-refractivity contribution in [3.63, 3.8) is 0 Å². The lowest BCUT2D eigenvalue weighted by Crippen LogP contribution is -2.38. The van der Waals surface area contributed by atoms with Gasteiger partial charge in [-0.05, 0) is 68.8 Å². The number of piperidine rings is 1. The molecule has 0 unspecified atom stereocenters. The van der Waals surface area contributed by atoms with Crippen LogP contribution in [0, 0.1) is 12.7 Å². The number of pyridine rings is 1. The summed E-state index contributed by atoms with van der Waals surface area (Å²) in [5, 5.41) is 2.84. The van der Waals surface area contributed by atoms with E-state index in [4.69, 9.17) is 0 Å². The zero-order valence-corrected chi connectivity index (χ0v) is 13.8. The Hall–Kier alpha value is -2.27. The summed E-state index contributed by atoms with van der Waals surface area (Å²) in [5.74, 6) is 0.159. The molecule has 0 aliphatic carbocycles. The number of hydrogen-bond donors (Lipinski definition) is 1. The van der Waals surface area contributed by atoms with Crippen molar-refractivity contribution < 1.29 is 9.18 Å². The number of halogens is 1. The van der Waals surface area contributed by atoms with E-state index in [1.807, 2.05) is 18.3 Å². The Morgan fingerprint density at radius 2 is 2.08 bits per heavy atom. The lowest BCUT2D eigenvalue weighted by Gasteiger charge is -2.31. The maximum absolute atomic E-state index is 13.3. The molecule has 1 aromatic carbocycles. The fraction of sp³-hybridized carbons (Fsp3) is 0.368. The van der Waals surface area contributed by atoms with E-state index in [-0.39, 0.29) is 11.7 Å². The third kappa shape index (κ3) is 4.17. The van der Waals surface area contributed by atoms with Gasteiger partial charge in [-0.2, -0.15) is 0 Å². The second kappa shape index (κ2) is 7.53. The van der Waals surface area contributed by atoms with Crippen LogP contribution >= 0.6 is 0 Å². The lowest BCUT2D eigenvalue weighted by molar-refractivity contribution is -0.117. The number of aryl methyl sites for hydroxylation is 1. The minimum atomic E-state index is -0.260. The number of anilines is 1. The number of hydrogen-bond acceptors (Lipinski definition) is 3. The van der Waals surface area contributed by atoms with Gasteiger partial charge in [-0.1, -0.05) is 6.07 Å². The molecule has 1 N–H and O–H groups in total. The van der Waals surface area contributed by atoms with Crippen LogP contribution in [0.1, 0.15) is 30.0 Å². The van der Waals surface area contributed by atoms with E-state index in [9.17, 15) is 9.18 Å². The average Bonchev–Trinajstić information content (AvgIpc) is 2.59. The molecule has 5 heteroatoms. The van der Waals surface area contributed by atoms with E-state index in [1.54, 1.807) is 19.1 Å². The van der Waals surface area contributed by atoms with Gasteiger partial charge in [0.1, 0.15) is 5.82 Å². The monoisotopic (exact) mass is 327 g/mol. The van der Waals surface area contributed by atoms with Crippen molar-refractivity contribution in [3.05, 3.63) is 59.7 Å². The van der Waals surface area contributed by atoms with Crippen molar-refractivity contribution >= 4 is 11.6 Å². The van der Waals surface area contributed by atoms with E-state index in [1.165, 1.54) is 6.07 Å². The number of rotatable bonds is 4. The number of nitrogens with zero attached hydrogens (tertiary/aromatic N) is 2. The number of amides is 1. The van der Waals surface area contributed by atoms with Crippen molar-refractivity contribution in [1.29, 1.82) is 0 Å². The molecule has 0 bridgehead atoms. The molecule has 4 nitrogen and oxygen atoms in total. The van der Waals surface area contributed by atoms with Crippen LogP contribution in [0.3, 0.4) is 0 Å². The van der Waals surface area contributed by atoms with Gasteiger partial charge in [-0.25, -0.2) is 4.39 Å². The fourth-order valence-electron chi connectivity index (χ4n) is 3.13. The molecule has 24 heavy (non-hydrogen) atoms. The van der Waals surface area contributed by atoms with Crippen molar-refractivity contribution in [2.45, 2.75) is 25.7 Å². The molecule has 1 saturated heterocycles. The zero-order chi connectivity index (χ0) is 16.9. The minimum absolute atomic E-state index is 0.0581. The van der Waals surface area contributed by atoms with Gasteiger partial charge < -0.3 is 5.32 Å². The number of aromatic nitrogens is 1. The second-order valence-electron chi connectivity index (χ2n) is 6.32. The number of nitrogens with one attached hydrogen (secondary N) is 1. The smallest absolute Gasteiger partial charge is 0.238 e. The quantitative estimate of drug-likeness (QED) is 0.937. The summed E-state index contributed by atoms with van der Waals surface area (Å²) >= 11 is 0. The molecule has 0 saturated carbocycles. The second-order valence-corrected chi connectivity index (χ2v) is 6.32. The lowest BCUT2D eigenvalue weighted by atomic mass is 9.93. The predicted molar refractivity (Wildman–Crippen MR) is 92.4 cm³/mol. The summed E-state index contributed by atoms with van der Waals surface area (Å²) in [7, 11) is 0. The van der Waals surface area contributed by atoms with Crippen LogP contribution in [0.5, 0.6) is 0 Å². The molecule has 1 aliphatic heterocycles. The van der Waals surface area contributed by atoms with Gasteiger partial charge in [0.25, 0.3) is 0 Å². The Balaban J connectivity index is 1.49. The highest BCUT2D eigenvalue weighted by molar-refractivity contribution is 5.92. The van der Waals surface area contributed by atoms with Crippen LogP contribution in [0.2, 0.25) is 0 Å². The molecule has 126 valence electrons. The largest absolute Gasteiger partial charge is 0.325 e. The van der Waals surface area contributed by atoms with Crippen LogP contribution in [-0.4, -0.2) is 35.4 Å². The van der Waals surface area contributed by atoms with Crippen LogP contribution in [0.25, 0.3) is 0 Å². The average molecular weight is 327 g/mol. The van der Waals surface area contributed by atoms with Crippen molar-refractivity contribution in [1.82, 2.24) is 9.88 Å². The Bertz CT molecular complexity index is 697. The summed E-state index contributed by atoms with van der Waals surface area (Å²) in [5.41, 5.74) is 2.31. The van der Waals surface area contributed by atoms with Gasteiger partial charge in [-0.15, -0.1) is 0 Å². The predicted octanol–water partition coefficient (Wildman–Crippen LogP) is 3.35. The van der Waals surface area contributed by atoms with Crippen LogP contribution in [0.4, 0.5) is 10.1 Å². The molecule has 1 aromatic heterocycles. The van der Waals surface area contributed by atoms with E-state index in [0.29, 0.717) is 23.7 Å². The molecular weight excluding hydrogens is 305 g/mol. The molecule has 2 aromatic rings. The standard InChI is InChI=1S/C19H22FN3O/c1-14-12-16(5-6-17(14)20)22-19(24)13-23-10-7-15(8-11-23)18-4-2-3-9-21-18/h2-6,9,12,15H,7-8,10-11,13H2,1H3,(H,22,24). The summed E-state index contributed by atoms with van der Waals surface area (Å²) in [6.45, 7) is 3.83. The van der Waals surface area contributed by atoms with E-state index < -0.39 is 0 Å². The fourth-order valence-corrected chi connectivity index (χ4v) is 3.13. The van der Waals surface area contributed by atoms with Gasteiger partial charge in [0.05, 0.1) is 6.54 Å². The van der Waals surface area contributed by atoms with Gasteiger partial charge >= 0.3 is 0 Å². The normalized spacial score (nSPS) is 16.1. The third-order valence-corrected chi connectivity index (χ3v) is 4.50. The van der Waals surface area contributed by atoms with E-state index in [2.05, 4.69) is 21.3 Å². The summed E-state index contributed by atoms with van der Waals surface area (Å²) in [6.07, 6.45) is 3.86. The van der Waals surface area contributed by atoms with Gasteiger partial charge in [0.2, 0.25) is 5.91 Å². The molecular formula is C19H22FN3O. The maximum atomic E-state index is 13.3. The molecule has 0 radical (unpaired) electrons. The number of likely N-dealkylation sites (tertiary alicyclic amines) is 1. The Morgan fingerprint density at radius 1 is 1.29 bits per heavy atom. The topological polar surface area (TPSA) is 45.2 Å². The Morgan fingerprint density at radius 3 is 2.75 bits per heavy atom. The zero-order valence-electron chi connectivity index (χ0n) is 13.8. The van der Waals surface area contributed by atoms with Crippen molar-refractivity contribution in [2.24, 2.45) is 0 Å². The maximum Gasteiger partial charge on any atom is 0.238 e.